The molecule has 4 nitrogen and oxygen atoms in total. The molecule has 0 spiro atoms. The lowest BCUT2D eigenvalue weighted by molar-refractivity contribution is 0.267. The van der Waals surface area contributed by atoms with Gasteiger partial charge in [0.15, 0.2) is 5.96 Å². The van der Waals surface area contributed by atoms with Gasteiger partial charge in [0.25, 0.3) is 0 Å². The average Bonchev–Trinajstić information content (AvgIpc) is 3.08. The molecule has 1 aliphatic rings. The molecule has 124 valence electrons. The average molecular weight is 443 g/mol. The molecule has 0 radical (unpaired) electrons. The molecule has 0 saturated carbocycles. The predicted molar refractivity (Wildman–Crippen MR) is 107 cm³/mol. The Bertz CT molecular complexity index is 631. The lowest BCUT2D eigenvalue weighted by Gasteiger charge is -2.26. The van der Waals surface area contributed by atoms with Crippen molar-refractivity contribution in [2.24, 2.45) is 4.99 Å². The van der Waals surface area contributed by atoms with E-state index in [1.54, 1.807) is 11.3 Å². The number of thiophene rings is 1. The Hall–Kier alpha value is -1.28. The summed E-state index contributed by atoms with van der Waals surface area (Å²) >= 11 is 1.75. The number of guanidine groups is 1. The van der Waals surface area contributed by atoms with Crippen LogP contribution in [-0.2, 0) is 6.54 Å². The van der Waals surface area contributed by atoms with Crippen LogP contribution in [0.4, 0.5) is 0 Å². The van der Waals surface area contributed by atoms with E-state index in [1.807, 2.05) is 19.2 Å². The van der Waals surface area contributed by atoms with Gasteiger partial charge in [-0.2, -0.15) is 0 Å². The van der Waals surface area contributed by atoms with Crippen molar-refractivity contribution in [1.82, 2.24) is 10.6 Å². The highest BCUT2D eigenvalue weighted by molar-refractivity contribution is 14.0. The maximum atomic E-state index is 5.71. The number of halogens is 1. The van der Waals surface area contributed by atoms with Crippen LogP contribution in [0.25, 0.3) is 0 Å². The van der Waals surface area contributed by atoms with E-state index < -0.39 is 0 Å². The van der Waals surface area contributed by atoms with Gasteiger partial charge in [0.2, 0.25) is 0 Å². The first-order valence-corrected chi connectivity index (χ1v) is 8.43. The predicted octanol–water partition coefficient (Wildman–Crippen LogP) is 3.60. The molecule has 1 aromatic heterocycles. The van der Waals surface area contributed by atoms with Crippen LogP contribution in [0.5, 0.6) is 5.75 Å². The molecule has 0 amide bonds. The minimum absolute atomic E-state index is 0. The smallest absolute Gasteiger partial charge is 0.191 e. The number of hydrogen-bond acceptors (Lipinski definition) is 3. The summed E-state index contributed by atoms with van der Waals surface area (Å²) in [5.41, 5.74) is 1.29. The van der Waals surface area contributed by atoms with E-state index in [1.165, 1.54) is 10.4 Å². The van der Waals surface area contributed by atoms with Gasteiger partial charge < -0.3 is 15.4 Å². The number of nitrogens with one attached hydrogen (secondary N) is 2. The Morgan fingerprint density at radius 1 is 1.26 bits per heavy atom. The number of fused-ring (bicyclic) bond motifs is 1. The maximum absolute atomic E-state index is 5.71. The van der Waals surface area contributed by atoms with Crippen molar-refractivity contribution < 1.29 is 4.74 Å². The largest absolute Gasteiger partial charge is 0.493 e. The molecule has 0 bridgehead atoms. The van der Waals surface area contributed by atoms with Crippen molar-refractivity contribution in [1.29, 1.82) is 0 Å². The Labute approximate surface area is 158 Å². The van der Waals surface area contributed by atoms with Gasteiger partial charge in [-0.15, -0.1) is 35.3 Å². The number of hydrogen-bond donors (Lipinski definition) is 2. The number of aliphatic imine (C=N–C) groups is 1. The van der Waals surface area contributed by atoms with Crippen molar-refractivity contribution in [3.63, 3.8) is 0 Å². The van der Waals surface area contributed by atoms with Gasteiger partial charge in [0, 0.05) is 24.4 Å². The SMILES string of the molecule is CN=C(NCc1cccs1)NCC1CCOc2ccccc21.I. The second-order valence-corrected chi connectivity index (χ2v) is 6.29. The van der Waals surface area contributed by atoms with Crippen LogP contribution in [0.3, 0.4) is 0 Å². The second kappa shape index (κ2) is 9.12. The van der Waals surface area contributed by atoms with E-state index >= 15 is 0 Å². The molecule has 2 heterocycles. The van der Waals surface area contributed by atoms with Gasteiger partial charge in [-0.05, 0) is 29.5 Å². The molecule has 1 atom stereocenters. The van der Waals surface area contributed by atoms with Gasteiger partial charge in [-0.3, -0.25) is 4.99 Å². The highest BCUT2D eigenvalue weighted by atomic mass is 127. The molecule has 6 heteroatoms. The maximum Gasteiger partial charge on any atom is 0.191 e. The molecular weight excluding hydrogens is 421 g/mol. The monoisotopic (exact) mass is 443 g/mol. The number of ether oxygens (including phenoxy) is 1. The fourth-order valence-electron chi connectivity index (χ4n) is 2.65. The van der Waals surface area contributed by atoms with Crippen molar-refractivity contribution >= 4 is 41.3 Å². The third-order valence-corrected chi connectivity index (χ3v) is 4.71. The van der Waals surface area contributed by atoms with Crippen LogP contribution in [0, 0.1) is 0 Å². The molecule has 3 rings (SSSR count). The van der Waals surface area contributed by atoms with E-state index in [0.29, 0.717) is 5.92 Å². The number of rotatable bonds is 4. The minimum Gasteiger partial charge on any atom is -0.493 e. The first-order chi connectivity index (χ1) is 10.9. The molecule has 1 aliphatic heterocycles. The van der Waals surface area contributed by atoms with E-state index in [9.17, 15) is 0 Å². The molecule has 0 aliphatic carbocycles. The van der Waals surface area contributed by atoms with Gasteiger partial charge >= 0.3 is 0 Å². The summed E-state index contributed by atoms with van der Waals surface area (Å²) in [4.78, 5) is 5.60. The van der Waals surface area contributed by atoms with Crippen LogP contribution < -0.4 is 15.4 Å². The summed E-state index contributed by atoms with van der Waals surface area (Å²) in [6.07, 6.45) is 1.03. The third kappa shape index (κ3) is 4.84. The Kier molecular flexibility index (Phi) is 7.16. The van der Waals surface area contributed by atoms with Crippen LogP contribution in [-0.4, -0.2) is 26.2 Å². The Balaban J connectivity index is 0.00000192. The van der Waals surface area contributed by atoms with Crippen LogP contribution >= 0.6 is 35.3 Å². The van der Waals surface area contributed by atoms with Crippen LogP contribution in [0.1, 0.15) is 22.8 Å². The van der Waals surface area contributed by atoms with Gasteiger partial charge in [-0.25, -0.2) is 0 Å². The van der Waals surface area contributed by atoms with E-state index in [-0.39, 0.29) is 24.0 Å². The Morgan fingerprint density at radius 2 is 2.13 bits per heavy atom. The summed E-state index contributed by atoms with van der Waals surface area (Å²) in [6, 6.07) is 12.5. The van der Waals surface area contributed by atoms with E-state index in [0.717, 1.165) is 37.8 Å². The topological polar surface area (TPSA) is 45.7 Å². The molecule has 0 fully saturated rings. The standard InChI is InChI=1S/C17H21N3OS.HI/c1-18-17(20-12-14-5-4-10-22-14)19-11-13-8-9-21-16-7-3-2-6-15(13)16;/h2-7,10,13H,8-9,11-12H2,1H3,(H2,18,19,20);1H. The summed E-state index contributed by atoms with van der Waals surface area (Å²) in [7, 11) is 1.81. The van der Waals surface area contributed by atoms with E-state index in [4.69, 9.17) is 4.74 Å². The van der Waals surface area contributed by atoms with Gasteiger partial charge in [-0.1, -0.05) is 24.3 Å². The number of para-hydroxylation sites is 1. The summed E-state index contributed by atoms with van der Waals surface area (Å²) < 4.78 is 5.71. The van der Waals surface area contributed by atoms with Crippen molar-refractivity contribution in [2.75, 3.05) is 20.2 Å². The summed E-state index contributed by atoms with van der Waals surface area (Å²) in [5, 5.41) is 8.87. The normalized spacial score (nSPS) is 16.7. The molecule has 2 aromatic rings. The van der Waals surface area contributed by atoms with Crippen molar-refractivity contribution in [2.45, 2.75) is 18.9 Å². The zero-order chi connectivity index (χ0) is 15.2. The minimum atomic E-state index is 0. The molecule has 2 N–H and O–H groups in total. The lowest BCUT2D eigenvalue weighted by atomic mass is 9.93. The number of nitrogens with zero attached hydrogens (tertiary/aromatic N) is 1. The van der Waals surface area contributed by atoms with Crippen LogP contribution in [0.2, 0.25) is 0 Å². The van der Waals surface area contributed by atoms with Crippen LogP contribution in [0.15, 0.2) is 46.8 Å². The first kappa shape index (κ1) is 18.1. The van der Waals surface area contributed by atoms with Crippen molar-refractivity contribution in [3.8, 4) is 5.75 Å². The highest BCUT2D eigenvalue weighted by Gasteiger charge is 2.20. The summed E-state index contributed by atoms with van der Waals surface area (Å²) in [6.45, 7) is 2.46. The second-order valence-electron chi connectivity index (χ2n) is 5.26. The van der Waals surface area contributed by atoms with E-state index in [2.05, 4.69) is 45.3 Å². The molecule has 1 unspecified atom stereocenters. The van der Waals surface area contributed by atoms with Gasteiger partial charge in [0.05, 0.1) is 13.2 Å². The number of benzene rings is 1. The third-order valence-electron chi connectivity index (χ3n) is 3.83. The highest BCUT2D eigenvalue weighted by Crippen LogP contribution is 2.32. The summed E-state index contributed by atoms with van der Waals surface area (Å²) in [5.74, 6) is 2.32. The fraction of sp³-hybridized carbons (Fsp3) is 0.353. The van der Waals surface area contributed by atoms with Gasteiger partial charge in [0.1, 0.15) is 5.75 Å². The lowest BCUT2D eigenvalue weighted by Crippen LogP contribution is -2.39. The zero-order valence-electron chi connectivity index (χ0n) is 13.1. The molecule has 1 aromatic carbocycles. The molecule has 23 heavy (non-hydrogen) atoms. The fourth-order valence-corrected chi connectivity index (χ4v) is 3.30. The molecule has 0 saturated heterocycles. The van der Waals surface area contributed by atoms with Crippen molar-refractivity contribution in [3.05, 3.63) is 52.2 Å². The quantitative estimate of drug-likeness (QED) is 0.431. The zero-order valence-corrected chi connectivity index (χ0v) is 16.3. The Morgan fingerprint density at radius 3 is 2.91 bits per heavy atom. The molecular formula is C17H22IN3OS. The first-order valence-electron chi connectivity index (χ1n) is 7.55.